The van der Waals surface area contributed by atoms with Crippen LogP contribution in [0.2, 0.25) is 0 Å². The minimum absolute atomic E-state index is 0.0351. The minimum Gasteiger partial charge on any atom is -0.398 e. The highest BCUT2D eigenvalue weighted by molar-refractivity contribution is 5.99. The SMILES string of the molecule is CN1[C@@H]2CC[C@H]1CC(NC(=O)c1ccccc1N)C2. The lowest BCUT2D eigenvalue weighted by molar-refractivity contribution is 0.0883. The lowest BCUT2D eigenvalue weighted by Crippen LogP contribution is -2.48. The third-order valence-corrected chi connectivity index (χ3v) is 4.64. The predicted octanol–water partition coefficient (Wildman–Crippen LogP) is 1.62. The summed E-state index contributed by atoms with van der Waals surface area (Å²) in [6.45, 7) is 0. The van der Waals surface area contributed by atoms with Gasteiger partial charge in [-0.05, 0) is 44.9 Å². The molecular formula is C15H21N3O. The van der Waals surface area contributed by atoms with Gasteiger partial charge in [-0.1, -0.05) is 12.1 Å². The molecule has 0 saturated carbocycles. The van der Waals surface area contributed by atoms with Gasteiger partial charge in [-0.2, -0.15) is 0 Å². The Labute approximate surface area is 114 Å². The Kier molecular flexibility index (Phi) is 3.19. The Bertz CT molecular complexity index is 474. The zero-order valence-corrected chi connectivity index (χ0v) is 11.3. The number of nitrogen functional groups attached to an aromatic ring is 1. The van der Waals surface area contributed by atoms with Crippen molar-refractivity contribution >= 4 is 11.6 Å². The molecule has 2 aliphatic heterocycles. The molecule has 0 aliphatic carbocycles. The zero-order chi connectivity index (χ0) is 13.4. The average Bonchev–Trinajstić information content (AvgIpc) is 2.63. The van der Waals surface area contributed by atoms with Crippen molar-refractivity contribution in [3.63, 3.8) is 0 Å². The number of hydrogen-bond donors (Lipinski definition) is 2. The van der Waals surface area contributed by atoms with Gasteiger partial charge in [0.15, 0.2) is 0 Å². The number of anilines is 1. The van der Waals surface area contributed by atoms with Crippen molar-refractivity contribution in [1.29, 1.82) is 0 Å². The molecule has 4 nitrogen and oxygen atoms in total. The molecule has 0 spiro atoms. The summed E-state index contributed by atoms with van der Waals surface area (Å²) in [6.07, 6.45) is 4.65. The number of benzene rings is 1. The van der Waals surface area contributed by atoms with Crippen LogP contribution in [0, 0.1) is 0 Å². The topological polar surface area (TPSA) is 58.4 Å². The maximum absolute atomic E-state index is 12.2. The molecule has 3 rings (SSSR count). The summed E-state index contributed by atoms with van der Waals surface area (Å²) in [4.78, 5) is 14.7. The maximum atomic E-state index is 12.2. The molecule has 19 heavy (non-hydrogen) atoms. The number of nitrogens with zero attached hydrogens (tertiary/aromatic N) is 1. The van der Waals surface area contributed by atoms with Crippen molar-refractivity contribution in [3.05, 3.63) is 29.8 Å². The van der Waals surface area contributed by atoms with E-state index in [1.807, 2.05) is 12.1 Å². The van der Waals surface area contributed by atoms with Crippen LogP contribution in [0.3, 0.4) is 0 Å². The number of fused-ring (bicyclic) bond motifs is 2. The molecule has 2 bridgehead atoms. The molecule has 2 heterocycles. The van der Waals surface area contributed by atoms with E-state index in [9.17, 15) is 4.79 Å². The standard InChI is InChI=1S/C15H21N3O/c1-18-11-6-7-12(18)9-10(8-11)17-15(19)13-4-2-3-5-14(13)16/h2-5,10-12H,6-9,16H2,1H3,(H,17,19)/t10?,11-,12+. The summed E-state index contributed by atoms with van der Waals surface area (Å²) >= 11 is 0. The van der Waals surface area contributed by atoms with Crippen molar-refractivity contribution in [2.75, 3.05) is 12.8 Å². The molecule has 3 atom stereocenters. The molecule has 2 saturated heterocycles. The molecule has 3 N–H and O–H groups in total. The van der Waals surface area contributed by atoms with E-state index in [1.54, 1.807) is 12.1 Å². The molecule has 2 fully saturated rings. The van der Waals surface area contributed by atoms with E-state index in [2.05, 4.69) is 17.3 Å². The van der Waals surface area contributed by atoms with Crippen molar-refractivity contribution in [1.82, 2.24) is 10.2 Å². The average molecular weight is 259 g/mol. The normalized spacial score (nSPS) is 30.3. The van der Waals surface area contributed by atoms with Gasteiger partial charge in [0.05, 0.1) is 5.56 Å². The summed E-state index contributed by atoms with van der Waals surface area (Å²) in [5.41, 5.74) is 6.99. The van der Waals surface area contributed by atoms with Crippen molar-refractivity contribution in [2.45, 2.75) is 43.8 Å². The van der Waals surface area contributed by atoms with Gasteiger partial charge in [-0.15, -0.1) is 0 Å². The number of nitrogens with one attached hydrogen (secondary N) is 1. The molecule has 1 aromatic carbocycles. The van der Waals surface area contributed by atoms with Crippen LogP contribution in [-0.4, -0.2) is 36.0 Å². The number of piperidine rings is 1. The number of carbonyl (C=O) groups excluding carboxylic acids is 1. The Morgan fingerprint density at radius 1 is 1.26 bits per heavy atom. The van der Waals surface area contributed by atoms with Gasteiger partial charge in [0.25, 0.3) is 5.91 Å². The van der Waals surface area contributed by atoms with Crippen LogP contribution >= 0.6 is 0 Å². The first-order valence-electron chi connectivity index (χ1n) is 7.02. The minimum atomic E-state index is -0.0351. The highest BCUT2D eigenvalue weighted by Gasteiger charge is 2.38. The summed E-state index contributed by atoms with van der Waals surface area (Å²) in [7, 11) is 2.20. The number of carbonyl (C=O) groups is 1. The van der Waals surface area contributed by atoms with Crippen molar-refractivity contribution < 1.29 is 4.79 Å². The molecular weight excluding hydrogens is 238 g/mol. The number of hydrogen-bond acceptors (Lipinski definition) is 3. The second kappa shape index (κ2) is 4.85. The largest absolute Gasteiger partial charge is 0.398 e. The predicted molar refractivity (Wildman–Crippen MR) is 75.9 cm³/mol. The Morgan fingerprint density at radius 3 is 2.53 bits per heavy atom. The monoisotopic (exact) mass is 259 g/mol. The summed E-state index contributed by atoms with van der Waals surface area (Å²) in [5.74, 6) is -0.0351. The van der Waals surface area contributed by atoms with E-state index in [0.29, 0.717) is 29.4 Å². The van der Waals surface area contributed by atoms with E-state index in [4.69, 9.17) is 5.73 Å². The molecule has 0 radical (unpaired) electrons. The van der Waals surface area contributed by atoms with Crippen LogP contribution < -0.4 is 11.1 Å². The first-order chi connectivity index (χ1) is 9.15. The van der Waals surface area contributed by atoms with E-state index < -0.39 is 0 Å². The third kappa shape index (κ3) is 2.32. The smallest absolute Gasteiger partial charge is 0.253 e. The van der Waals surface area contributed by atoms with Crippen LogP contribution in [0.5, 0.6) is 0 Å². The molecule has 1 amide bonds. The van der Waals surface area contributed by atoms with E-state index in [1.165, 1.54) is 12.8 Å². The second-order valence-electron chi connectivity index (χ2n) is 5.78. The number of para-hydroxylation sites is 1. The molecule has 2 aliphatic rings. The zero-order valence-electron chi connectivity index (χ0n) is 11.3. The van der Waals surface area contributed by atoms with Gasteiger partial charge >= 0.3 is 0 Å². The fourth-order valence-corrected chi connectivity index (χ4v) is 3.50. The van der Waals surface area contributed by atoms with Crippen LogP contribution in [0.15, 0.2) is 24.3 Å². The number of rotatable bonds is 2. The van der Waals surface area contributed by atoms with Crippen LogP contribution in [-0.2, 0) is 0 Å². The number of nitrogens with two attached hydrogens (primary N) is 1. The summed E-state index contributed by atoms with van der Waals surface area (Å²) in [5, 5.41) is 3.15. The highest BCUT2D eigenvalue weighted by Crippen LogP contribution is 2.34. The molecule has 1 aromatic rings. The van der Waals surface area contributed by atoms with Crippen molar-refractivity contribution in [3.8, 4) is 0 Å². The lowest BCUT2D eigenvalue weighted by atomic mass is 9.97. The Hall–Kier alpha value is -1.55. The van der Waals surface area contributed by atoms with E-state index >= 15 is 0 Å². The van der Waals surface area contributed by atoms with Gasteiger partial charge in [-0.25, -0.2) is 0 Å². The Balaban J connectivity index is 1.67. The maximum Gasteiger partial charge on any atom is 0.253 e. The first kappa shape index (κ1) is 12.5. The third-order valence-electron chi connectivity index (χ3n) is 4.64. The van der Waals surface area contributed by atoms with Crippen LogP contribution in [0.4, 0.5) is 5.69 Å². The molecule has 102 valence electrons. The second-order valence-corrected chi connectivity index (χ2v) is 5.78. The fourth-order valence-electron chi connectivity index (χ4n) is 3.50. The Morgan fingerprint density at radius 2 is 1.89 bits per heavy atom. The van der Waals surface area contributed by atoms with Crippen LogP contribution in [0.25, 0.3) is 0 Å². The van der Waals surface area contributed by atoms with E-state index in [0.717, 1.165) is 12.8 Å². The molecule has 1 unspecified atom stereocenters. The first-order valence-corrected chi connectivity index (χ1v) is 7.02. The van der Waals surface area contributed by atoms with Gasteiger partial charge in [0, 0.05) is 23.8 Å². The lowest BCUT2D eigenvalue weighted by Gasteiger charge is -2.36. The molecule has 4 heteroatoms. The van der Waals surface area contributed by atoms with Gasteiger partial charge in [0.2, 0.25) is 0 Å². The van der Waals surface area contributed by atoms with Gasteiger partial charge < -0.3 is 16.0 Å². The summed E-state index contributed by atoms with van der Waals surface area (Å²) in [6, 6.07) is 8.82. The summed E-state index contributed by atoms with van der Waals surface area (Å²) < 4.78 is 0. The van der Waals surface area contributed by atoms with Gasteiger partial charge in [-0.3, -0.25) is 4.79 Å². The highest BCUT2D eigenvalue weighted by atomic mass is 16.1. The number of amides is 1. The quantitative estimate of drug-likeness (QED) is 0.794. The van der Waals surface area contributed by atoms with E-state index in [-0.39, 0.29) is 5.91 Å². The van der Waals surface area contributed by atoms with Gasteiger partial charge in [0.1, 0.15) is 0 Å². The fraction of sp³-hybridized carbons (Fsp3) is 0.533. The molecule has 0 aromatic heterocycles. The van der Waals surface area contributed by atoms with Crippen LogP contribution in [0.1, 0.15) is 36.0 Å². The van der Waals surface area contributed by atoms with Crippen molar-refractivity contribution in [2.24, 2.45) is 0 Å².